The van der Waals surface area contributed by atoms with Crippen LogP contribution < -0.4 is 14.3 Å². The molecule has 6 heteroatoms. The lowest BCUT2D eigenvalue weighted by Gasteiger charge is -2.31. The Labute approximate surface area is 442 Å². The highest BCUT2D eigenvalue weighted by atomic mass is 32.1. The summed E-state index contributed by atoms with van der Waals surface area (Å²) >= 11 is 1.94. The molecule has 0 aliphatic carbocycles. The number of aryl methyl sites for hydroxylation is 2. The first-order valence-electron chi connectivity index (χ1n) is 27.0. The van der Waals surface area contributed by atoms with Gasteiger partial charge in [-0.05, 0) is 107 Å². The predicted octanol–water partition coefficient (Wildman–Crippen LogP) is 17.5. The highest BCUT2D eigenvalue weighted by molar-refractivity contribution is 7.26. The molecule has 2 unspecified atom stereocenters. The average Bonchev–Trinajstić information content (AvgIpc) is 4.06. The van der Waals surface area contributed by atoms with Crippen LogP contribution in [0.25, 0.3) is 92.6 Å². The van der Waals surface area contributed by atoms with Crippen LogP contribution in [0.4, 0.5) is 0 Å². The zero-order valence-electron chi connectivity index (χ0n) is 44.9. The first-order valence-corrected chi connectivity index (χ1v) is 31.4. The third-order valence-corrected chi connectivity index (χ3v) is 19.5. The number of benzene rings is 7. The van der Waals surface area contributed by atoms with E-state index in [1.165, 1.54) is 114 Å². The van der Waals surface area contributed by atoms with E-state index in [9.17, 15) is 0 Å². The summed E-state index contributed by atoms with van der Waals surface area (Å²) in [6.07, 6.45) is 7.64. The summed E-state index contributed by atoms with van der Waals surface area (Å²) in [6, 6.07) is 54.8. The number of aromatic nitrogens is 3. The minimum Gasteiger partial charge on any atom is -0.455 e. The minimum absolute atomic E-state index is 0.0481. The third kappa shape index (κ3) is 7.82. The van der Waals surface area contributed by atoms with E-state index in [-0.39, 0.29) is 23.8 Å². The quantitative estimate of drug-likeness (QED) is 0.0680. The van der Waals surface area contributed by atoms with Crippen LogP contribution in [0.3, 0.4) is 0 Å². The van der Waals surface area contributed by atoms with Crippen LogP contribution in [0.2, 0.25) is 19.6 Å². The molecule has 4 nitrogen and oxygen atoms in total. The molecule has 11 aromatic rings. The van der Waals surface area contributed by atoms with E-state index >= 15 is 0 Å². The Bertz CT molecular complexity index is 3980. The Balaban J connectivity index is 1.11. The van der Waals surface area contributed by atoms with Gasteiger partial charge in [0.2, 0.25) is 5.69 Å². The van der Waals surface area contributed by atoms with Crippen molar-refractivity contribution in [2.24, 2.45) is 13.0 Å². The lowest BCUT2D eigenvalue weighted by Crippen LogP contribution is -2.53. The topological polar surface area (TPSA) is 25.8 Å². The van der Waals surface area contributed by atoms with Crippen LogP contribution in [0.1, 0.15) is 99.6 Å². The number of pyridine rings is 1. The SMILES string of the molecule is C=CC1C(CCc2ccc3c(sc4ccccc43)c2-c2n(-c3c(C(C)C)cc(-c4ccccc4)cc3C(C)C)c3ccccc3[n+]2C)c2ccc3c(oc4ccccc43)c2-c2cc(CC(C)C)c([Si](C)(C)C)c[n+]21. The van der Waals surface area contributed by atoms with Gasteiger partial charge in [0.1, 0.15) is 16.9 Å². The van der Waals surface area contributed by atoms with Crippen molar-refractivity contribution in [3.63, 3.8) is 0 Å². The van der Waals surface area contributed by atoms with Gasteiger partial charge >= 0.3 is 0 Å². The third-order valence-electron chi connectivity index (χ3n) is 16.2. The number of rotatable bonds is 12. The molecule has 0 N–H and O–H groups in total. The second kappa shape index (κ2) is 18.5. The number of furan rings is 1. The summed E-state index contributed by atoms with van der Waals surface area (Å²) in [5.41, 5.74) is 18.9. The molecule has 1 aliphatic rings. The van der Waals surface area contributed by atoms with Crippen molar-refractivity contribution < 1.29 is 13.6 Å². The Kier molecular flexibility index (Phi) is 12.0. The van der Waals surface area contributed by atoms with Crippen LogP contribution in [-0.4, -0.2) is 12.6 Å². The van der Waals surface area contributed by atoms with Crippen LogP contribution >= 0.6 is 11.3 Å². The minimum atomic E-state index is -1.78. The van der Waals surface area contributed by atoms with E-state index in [1.807, 2.05) is 11.3 Å². The summed E-state index contributed by atoms with van der Waals surface area (Å²) in [5, 5.41) is 6.51. The van der Waals surface area contributed by atoms with E-state index < -0.39 is 8.07 Å². The highest BCUT2D eigenvalue weighted by Gasteiger charge is 2.43. The lowest BCUT2D eigenvalue weighted by molar-refractivity contribution is -0.706. The number of nitrogens with zero attached hydrogens (tertiary/aromatic N) is 3. The van der Waals surface area contributed by atoms with Crippen molar-refractivity contribution in [2.45, 2.75) is 104 Å². The molecule has 0 amide bonds. The Morgan fingerprint density at radius 2 is 1.36 bits per heavy atom. The van der Waals surface area contributed by atoms with Crippen LogP contribution in [0, 0.1) is 5.92 Å². The smallest absolute Gasteiger partial charge is 0.296 e. The first kappa shape index (κ1) is 48.1. The van der Waals surface area contributed by atoms with E-state index in [4.69, 9.17) is 4.42 Å². The van der Waals surface area contributed by atoms with E-state index in [2.05, 4.69) is 246 Å². The number of allylic oxidation sites excluding steroid dienone is 1. The molecule has 0 radical (unpaired) electrons. The van der Waals surface area contributed by atoms with Crippen LogP contribution in [0.15, 0.2) is 169 Å². The molecule has 0 bridgehead atoms. The van der Waals surface area contributed by atoms with Crippen molar-refractivity contribution in [2.75, 3.05) is 0 Å². The van der Waals surface area contributed by atoms with E-state index in [0.29, 0.717) is 5.92 Å². The fraction of sp³-hybridized carbons (Fsp3) is 0.265. The van der Waals surface area contributed by atoms with Crippen LogP contribution in [0.5, 0.6) is 0 Å². The molecule has 2 atom stereocenters. The van der Waals surface area contributed by atoms with Gasteiger partial charge in [-0.15, -0.1) is 11.3 Å². The van der Waals surface area contributed by atoms with Gasteiger partial charge in [0, 0.05) is 48.6 Å². The Morgan fingerprint density at radius 1 is 0.689 bits per heavy atom. The van der Waals surface area contributed by atoms with E-state index in [1.54, 1.807) is 0 Å². The van der Waals surface area contributed by atoms with Gasteiger partial charge in [0.15, 0.2) is 23.3 Å². The summed E-state index contributed by atoms with van der Waals surface area (Å²) < 4.78 is 17.4. The summed E-state index contributed by atoms with van der Waals surface area (Å²) in [4.78, 5) is 0. The van der Waals surface area contributed by atoms with Crippen molar-refractivity contribution >= 4 is 77.7 Å². The molecule has 370 valence electrons. The molecule has 0 spiro atoms. The monoisotopic (exact) mass is 1000 g/mol. The van der Waals surface area contributed by atoms with Crippen molar-refractivity contribution in [3.8, 4) is 39.5 Å². The fourth-order valence-electron chi connectivity index (χ4n) is 12.7. The second-order valence-corrected chi connectivity index (χ2v) is 29.3. The predicted molar refractivity (Wildman–Crippen MR) is 318 cm³/mol. The Hall–Kier alpha value is -6.86. The van der Waals surface area contributed by atoms with Gasteiger partial charge < -0.3 is 4.42 Å². The fourth-order valence-corrected chi connectivity index (χ4v) is 15.7. The van der Waals surface area contributed by atoms with Gasteiger partial charge in [0.25, 0.3) is 5.82 Å². The normalized spacial score (nSPS) is 14.9. The maximum Gasteiger partial charge on any atom is 0.296 e. The van der Waals surface area contributed by atoms with Gasteiger partial charge in [0.05, 0.1) is 36.9 Å². The molecule has 74 heavy (non-hydrogen) atoms. The van der Waals surface area contributed by atoms with Crippen molar-refractivity contribution in [3.05, 3.63) is 192 Å². The number of hydrogen-bond donors (Lipinski definition) is 0. The summed E-state index contributed by atoms with van der Waals surface area (Å²) in [6.45, 7) is 26.4. The van der Waals surface area contributed by atoms with Gasteiger partial charge in [-0.3, -0.25) is 0 Å². The van der Waals surface area contributed by atoms with Crippen molar-refractivity contribution in [1.29, 1.82) is 0 Å². The largest absolute Gasteiger partial charge is 0.455 e. The summed E-state index contributed by atoms with van der Waals surface area (Å²) in [7, 11) is 0.524. The second-order valence-electron chi connectivity index (χ2n) is 23.2. The number of para-hydroxylation sites is 3. The molecule has 0 saturated heterocycles. The number of hydrogen-bond acceptors (Lipinski definition) is 2. The molecule has 0 fully saturated rings. The number of fused-ring (bicyclic) bond motifs is 11. The molecular weight excluding hydrogens is 935 g/mol. The Morgan fingerprint density at radius 3 is 2.08 bits per heavy atom. The summed E-state index contributed by atoms with van der Waals surface area (Å²) in [5.74, 6) is 2.44. The molecular formula is C68H69N3OSSi+2. The maximum atomic E-state index is 7.01. The molecule has 5 heterocycles. The van der Waals surface area contributed by atoms with E-state index in [0.717, 1.165) is 30.4 Å². The molecule has 12 rings (SSSR count). The highest BCUT2D eigenvalue weighted by Crippen LogP contribution is 2.49. The van der Waals surface area contributed by atoms with Crippen molar-refractivity contribution in [1.82, 2.24) is 4.57 Å². The molecule has 4 aromatic heterocycles. The molecule has 1 aliphatic heterocycles. The first-order chi connectivity index (χ1) is 35.7. The standard InChI is InChI=1S/C68H69N3OSSi/c1-12-56-48(51-34-35-52-49-24-16-20-28-60(49)72-66(52)64(51)59-39-47(36-41(2)3)62(40-70(56)59)74(9,10)11)32-30-45-31-33-53-50-25-17-21-29-61(50)73-67(53)63(45)68-69(8)57-26-18-19-27-58(57)71(68)65-54(42(4)5)37-46(38-55(65)43(6)7)44-22-14-13-15-23-44/h12-29,31,33-35,37-43,48,56H,1,30,32,36H2,2-11H3/q+2. The van der Waals surface area contributed by atoms with Gasteiger partial charge in [-0.25, -0.2) is 4.57 Å². The van der Waals surface area contributed by atoms with Gasteiger partial charge in [-0.2, -0.15) is 9.13 Å². The van der Waals surface area contributed by atoms with Crippen LogP contribution in [-0.2, 0) is 19.9 Å². The maximum absolute atomic E-state index is 7.01. The average molecular weight is 1000 g/mol. The zero-order chi connectivity index (χ0) is 51.3. The lowest BCUT2D eigenvalue weighted by atomic mass is 9.78. The molecule has 0 saturated carbocycles. The number of imidazole rings is 1. The zero-order valence-corrected chi connectivity index (χ0v) is 46.7. The molecule has 7 aromatic carbocycles. The number of thiophene rings is 1. The van der Waals surface area contributed by atoms with Gasteiger partial charge in [-0.1, -0.05) is 171 Å².